The maximum atomic E-state index is 11.6. The maximum absolute atomic E-state index is 11.6. The van der Waals surface area contributed by atoms with E-state index in [9.17, 15) is 4.79 Å². The first kappa shape index (κ1) is 14.3. The van der Waals surface area contributed by atoms with Crippen molar-refractivity contribution in [1.29, 1.82) is 0 Å². The molecule has 100 valence electrons. The van der Waals surface area contributed by atoms with Gasteiger partial charge in [-0.2, -0.15) is 0 Å². The fourth-order valence-electron chi connectivity index (χ4n) is 1.83. The van der Waals surface area contributed by atoms with Crippen molar-refractivity contribution < 1.29 is 14.6 Å². The smallest absolute Gasteiger partial charge is 0.315 e. The molecule has 1 aliphatic rings. The van der Waals surface area contributed by atoms with Gasteiger partial charge in [-0.05, 0) is 12.3 Å². The van der Waals surface area contributed by atoms with Gasteiger partial charge in [0.15, 0.2) is 0 Å². The minimum absolute atomic E-state index is 0.0218. The molecule has 0 aromatic heterocycles. The highest BCUT2D eigenvalue weighted by Crippen LogP contribution is 2.24. The summed E-state index contributed by atoms with van der Waals surface area (Å²) in [5.41, 5.74) is 0.0735. The van der Waals surface area contributed by atoms with Crippen LogP contribution in [-0.2, 0) is 4.74 Å². The lowest BCUT2D eigenvalue weighted by Crippen LogP contribution is -2.52. The topological polar surface area (TPSA) is 70.6 Å². The summed E-state index contributed by atoms with van der Waals surface area (Å²) in [5, 5.41) is 14.7. The Labute approximate surface area is 103 Å². The quantitative estimate of drug-likeness (QED) is 0.645. The first-order valence-electron chi connectivity index (χ1n) is 6.18. The van der Waals surface area contributed by atoms with E-state index in [4.69, 9.17) is 9.84 Å². The Morgan fingerprint density at radius 3 is 2.53 bits per heavy atom. The molecule has 1 saturated heterocycles. The van der Waals surface area contributed by atoms with Crippen molar-refractivity contribution in [2.75, 3.05) is 26.4 Å². The summed E-state index contributed by atoms with van der Waals surface area (Å²) in [7, 11) is 0. The zero-order valence-electron chi connectivity index (χ0n) is 11.0. The summed E-state index contributed by atoms with van der Waals surface area (Å²) in [5.74, 6) is 0.449. The summed E-state index contributed by atoms with van der Waals surface area (Å²) in [6.07, 6.45) is 0.782. The number of hydrogen-bond acceptors (Lipinski definition) is 3. The third-order valence-electron chi connectivity index (χ3n) is 2.89. The Kier molecular flexibility index (Phi) is 5.21. The Balaban J connectivity index is 2.22. The lowest BCUT2D eigenvalue weighted by molar-refractivity contribution is -0.0975. The van der Waals surface area contributed by atoms with Gasteiger partial charge in [0.25, 0.3) is 0 Å². The van der Waals surface area contributed by atoms with Crippen molar-refractivity contribution in [3.63, 3.8) is 0 Å². The fourth-order valence-corrected chi connectivity index (χ4v) is 1.83. The van der Waals surface area contributed by atoms with Crippen LogP contribution in [0.4, 0.5) is 4.79 Å². The zero-order valence-corrected chi connectivity index (χ0v) is 11.0. The van der Waals surface area contributed by atoms with Gasteiger partial charge in [0, 0.05) is 12.0 Å². The van der Waals surface area contributed by atoms with Crippen LogP contribution < -0.4 is 10.6 Å². The SMILES string of the molecule is CC(C)CC(CO)NC(=O)NCC1(C)COC1. The van der Waals surface area contributed by atoms with Crippen molar-refractivity contribution in [2.24, 2.45) is 11.3 Å². The van der Waals surface area contributed by atoms with Crippen molar-refractivity contribution in [2.45, 2.75) is 33.2 Å². The predicted molar refractivity (Wildman–Crippen MR) is 65.8 cm³/mol. The van der Waals surface area contributed by atoms with Gasteiger partial charge < -0.3 is 20.5 Å². The maximum Gasteiger partial charge on any atom is 0.315 e. The molecule has 0 saturated carbocycles. The Hall–Kier alpha value is -0.810. The molecule has 0 spiro atoms. The Morgan fingerprint density at radius 2 is 2.12 bits per heavy atom. The largest absolute Gasteiger partial charge is 0.394 e. The monoisotopic (exact) mass is 244 g/mol. The van der Waals surface area contributed by atoms with Gasteiger partial charge in [0.2, 0.25) is 0 Å². The fraction of sp³-hybridized carbons (Fsp3) is 0.917. The lowest BCUT2D eigenvalue weighted by atomic mass is 9.89. The zero-order chi connectivity index (χ0) is 12.9. The molecule has 0 aliphatic carbocycles. The second-order valence-electron chi connectivity index (χ2n) is 5.64. The van der Waals surface area contributed by atoms with Crippen molar-refractivity contribution >= 4 is 6.03 Å². The van der Waals surface area contributed by atoms with E-state index < -0.39 is 0 Å². The molecule has 5 nitrogen and oxygen atoms in total. The molecule has 5 heteroatoms. The van der Waals surface area contributed by atoms with Crippen LogP contribution in [-0.4, -0.2) is 43.5 Å². The molecule has 2 amide bonds. The Bertz CT molecular complexity index is 252. The highest BCUT2D eigenvalue weighted by Gasteiger charge is 2.33. The van der Waals surface area contributed by atoms with Crippen LogP contribution >= 0.6 is 0 Å². The normalized spacial score (nSPS) is 19.6. The number of aliphatic hydroxyl groups is 1. The molecule has 1 fully saturated rings. The summed E-state index contributed by atoms with van der Waals surface area (Å²) in [4.78, 5) is 11.6. The van der Waals surface area contributed by atoms with Crippen LogP contribution in [0.3, 0.4) is 0 Å². The van der Waals surface area contributed by atoms with Gasteiger partial charge in [-0.25, -0.2) is 4.79 Å². The van der Waals surface area contributed by atoms with Crippen LogP contribution in [0.15, 0.2) is 0 Å². The molecule has 17 heavy (non-hydrogen) atoms. The molecule has 1 heterocycles. The van der Waals surface area contributed by atoms with Crippen LogP contribution in [0, 0.1) is 11.3 Å². The number of amides is 2. The number of ether oxygens (including phenoxy) is 1. The first-order chi connectivity index (χ1) is 7.95. The summed E-state index contributed by atoms with van der Waals surface area (Å²) >= 11 is 0. The van der Waals surface area contributed by atoms with E-state index in [-0.39, 0.29) is 24.1 Å². The van der Waals surface area contributed by atoms with E-state index in [1.54, 1.807) is 0 Å². The number of aliphatic hydroxyl groups excluding tert-OH is 1. The minimum Gasteiger partial charge on any atom is -0.394 e. The average molecular weight is 244 g/mol. The van der Waals surface area contributed by atoms with E-state index in [0.717, 1.165) is 6.42 Å². The highest BCUT2D eigenvalue weighted by molar-refractivity contribution is 5.74. The van der Waals surface area contributed by atoms with Crippen molar-refractivity contribution in [3.8, 4) is 0 Å². The molecule has 1 atom stereocenters. The molecule has 1 aliphatic heterocycles. The molecular weight excluding hydrogens is 220 g/mol. The van der Waals surface area contributed by atoms with Crippen LogP contribution in [0.2, 0.25) is 0 Å². The number of hydrogen-bond donors (Lipinski definition) is 3. The second kappa shape index (κ2) is 6.21. The molecule has 1 unspecified atom stereocenters. The number of carbonyl (C=O) groups is 1. The number of rotatable bonds is 6. The van der Waals surface area contributed by atoms with Gasteiger partial charge >= 0.3 is 6.03 Å². The van der Waals surface area contributed by atoms with Crippen molar-refractivity contribution in [1.82, 2.24) is 10.6 Å². The van der Waals surface area contributed by atoms with Gasteiger partial charge in [-0.15, -0.1) is 0 Å². The molecule has 3 N–H and O–H groups in total. The number of urea groups is 1. The van der Waals surface area contributed by atoms with Gasteiger partial charge in [0.1, 0.15) is 0 Å². The van der Waals surface area contributed by atoms with E-state index in [2.05, 4.69) is 31.4 Å². The van der Waals surface area contributed by atoms with Crippen LogP contribution in [0.5, 0.6) is 0 Å². The first-order valence-corrected chi connectivity index (χ1v) is 6.18. The predicted octanol–water partition coefficient (Wildman–Crippen LogP) is 0.729. The van der Waals surface area contributed by atoms with Gasteiger partial charge in [0.05, 0.1) is 25.9 Å². The molecule has 0 radical (unpaired) electrons. The molecule has 0 aromatic rings. The highest BCUT2D eigenvalue weighted by atomic mass is 16.5. The second-order valence-corrected chi connectivity index (χ2v) is 5.64. The molecule has 0 aromatic carbocycles. The standard InChI is InChI=1S/C12H24N2O3/c1-9(2)4-10(5-15)14-11(16)13-6-12(3)7-17-8-12/h9-10,15H,4-8H2,1-3H3,(H2,13,14,16). The summed E-state index contributed by atoms with van der Waals surface area (Å²) < 4.78 is 5.11. The number of nitrogens with one attached hydrogen (secondary N) is 2. The van der Waals surface area contributed by atoms with Crippen molar-refractivity contribution in [3.05, 3.63) is 0 Å². The van der Waals surface area contributed by atoms with Gasteiger partial charge in [-0.1, -0.05) is 20.8 Å². The lowest BCUT2D eigenvalue weighted by Gasteiger charge is -2.38. The summed E-state index contributed by atoms with van der Waals surface area (Å²) in [6.45, 7) is 8.19. The van der Waals surface area contributed by atoms with E-state index in [0.29, 0.717) is 25.7 Å². The van der Waals surface area contributed by atoms with E-state index in [1.165, 1.54) is 0 Å². The third kappa shape index (κ3) is 4.91. The Morgan fingerprint density at radius 1 is 1.47 bits per heavy atom. The summed E-state index contributed by atoms with van der Waals surface area (Å²) in [6, 6.07) is -0.377. The molecule has 1 rings (SSSR count). The van der Waals surface area contributed by atoms with Gasteiger partial charge in [-0.3, -0.25) is 0 Å². The third-order valence-corrected chi connectivity index (χ3v) is 2.89. The molecular formula is C12H24N2O3. The molecule has 0 bridgehead atoms. The average Bonchev–Trinajstić information content (AvgIpc) is 2.22. The minimum atomic E-state index is -0.210. The van der Waals surface area contributed by atoms with Crippen LogP contribution in [0.1, 0.15) is 27.2 Å². The van der Waals surface area contributed by atoms with Crippen LogP contribution in [0.25, 0.3) is 0 Å². The van der Waals surface area contributed by atoms with E-state index in [1.807, 2.05) is 0 Å². The number of carbonyl (C=O) groups excluding carboxylic acids is 1. The van der Waals surface area contributed by atoms with E-state index >= 15 is 0 Å².